The smallest absolute Gasteiger partial charge is 0.349 e. The van der Waals surface area contributed by atoms with Crippen LogP contribution in [0.25, 0.3) is 0 Å². The van der Waals surface area contributed by atoms with Crippen LogP contribution in [0.2, 0.25) is 0 Å². The van der Waals surface area contributed by atoms with Gasteiger partial charge in [-0.05, 0) is 37.1 Å². The molecule has 0 amide bonds. The molecule has 166 valence electrons. The number of para-hydroxylation sites is 1. The van der Waals surface area contributed by atoms with Crippen LogP contribution in [0.5, 0.6) is 17.2 Å². The number of hydrogen-bond acceptors (Lipinski definition) is 6. The highest BCUT2D eigenvalue weighted by Gasteiger charge is 2.32. The molecule has 0 fully saturated rings. The van der Waals surface area contributed by atoms with Crippen molar-refractivity contribution in [1.82, 2.24) is 0 Å². The summed E-state index contributed by atoms with van der Waals surface area (Å²) in [5.41, 5.74) is 8.74. The first-order valence-corrected chi connectivity index (χ1v) is 10.2. The number of aryl methyl sites for hydroxylation is 2. The number of benzene rings is 3. The molecular formula is C26H21FN2O4. The van der Waals surface area contributed by atoms with E-state index >= 15 is 0 Å². The Hall–Kier alpha value is -4.31. The van der Waals surface area contributed by atoms with Gasteiger partial charge in [-0.1, -0.05) is 42.5 Å². The summed E-state index contributed by atoms with van der Waals surface area (Å²) in [7, 11) is 0. The molecule has 2 N–H and O–H groups in total. The maximum atomic E-state index is 14.5. The molecule has 0 saturated heterocycles. The molecule has 3 aromatic carbocycles. The van der Waals surface area contributed by atoms with Crippen LogP contribution in [-0.4, -0.2) is 12.6 Å². The van der Waals surface area contributed by atoms with Gasteiger partial charge in [-0.25, -0.2) is 9.18 Å². The normalized spacial score (nSPS) is 14.7. The highest BCUT2D eigenvalue weighted by Crippen LogP contribution is 2.44. The Labute approximate surface area is 190 Å². The van der Waals surface area contributed by atoms with Crippen molar-refractivity contribution in [2.75, 3.05) is 6.61 Å². The van der Waals surface area contributed by atoms with E-state index in [0.29, 0.717) is 16.9 Å². The van der Waals surface area contributed by atoms with Crippen LogP contribution in [0.15, 0.2) is 72.1 Å². The first kappa shape index (κ1) is 21.9. The summed E-state index contributed by atoms with van der Waals surface area (Å²) in [4.78, 5) is 12.4. The van der Waals surface area contributed by atoms with Crippen molar-refractivity contribution in [3.05, 3.63) is 100 Å². The van der Waals surface area contributed by atoms with Crippen molar-refractivity contribution in [1.29, 1.82) is 5.26 Å². The molecular weight excluding hydrogens is 423 g/mol. The largest absolute Gasteiger partial charge is 0.481 e. The Morgan fingerprint density at radius 1 is 1.09 bits per heavy atom. The van der Waals surface area contributed by atoms with Crippen molar-refractivity contribution in [3.63, 3.8) is 0 Å². The molecule has 0 aromatic heterocycles. The number of ether oxygens (including phenoxy) is 3. The van der Waals surface area contributed by atoms with Gasteiger partial charge in [0.15, 0.2) is 6.61 Å². The number of fused-ring (bicyclic) bond motifs is 1. The van der Waals surface area contributed by atoms with Gasteiger partial charge < -0.3 is 19.9 Å². The number of hydrogen-bond donors (Lipinski definition) is 1. The van der Waals surface area contributed by atoms with E-state index in [1.165, 1.54) is 12.1 Å². The SMILES string of the molecule is Cc1cccc(C)c1OCC(=O)Oc1ccc2c(c1)OC(N)=C(C#N)C2c1ccccc1F. The van der Waals surface area contributed by atoms with E-state index in [1.807, 2.05) is 38.1 Å². The zero-order valence-corrected chi connectivity index (χ0v) is 18.1. The Morgan fingerprint density at radius 3 is 2.52 bits per heavy atom. The van der Waals surface area contributed by atoms with Gasteiger partial charge in [-0.3, -0.25) is 0 Å². The average molecular weight is 444 g/mol. The monoisotopic (exact) mass is 444 g/mol. The lowest BCUT2D eigenvalue weighted by Crippen LogP contribution is -2.22. The number of rotatable bonds is 5. The van der Waals surface area contributed by atoms with E-state index < -0.39 is 17.7 Å². The lowest BCUT2D eigenvalue weighted by Gasteiger charge is -2.27. The Morgan fingerprint density at radius 2 is 1.82 bits per heavy atom. The van der Waals surface area contributed by atoms with Crippen molar-refractivity contribution in [2.45, 2.75) is 19.8 Å². The second kappa shape index (κ2) is 9.05. The van der Waals surface area contributed by atoms with Gasteiger partial charge in [0.2, 0.25) is 5.88 Å². The van der Waals surface area contributed by atoms with E-state index in [1.54, 1.807) is 30.3 Å². The fourth-order valence-electron chi connectivity index (χ4n) is 3.85. The number of allylic oxidation sites excluding steroid dienone is 1. The molecule has 0 bridgehead atoms. The molecule has 4 rings (SSSR count). The maximum absolute atomic E-state index is 14.5. The topological polar surface area (TPSA) is 94.6 Å². The zero-order chi connectivity index (χ0) is 23.5. The predicted octanol–water partition coefficient (Wildman–Crippen LogP) is 4.65. The average Bonchev–Trinajstić information content (AvgIpc) is 2.78. The van der Waals surface area contributed by atoms with Crippen molar-refractivity contribution in [3.8, 4) is 23.3 Å². The highest BCUT2D eigenvalue weighted by molar-refractivity contribution is 5.74. The van der Waals surface area contributed by atoms with E-state index in [4.69, 9.17) is 19.9 Å². The first-order valence-electron chi connectivity index (χ1n) is 10.2. The molecule has 1 atom stereocenters. The van der Waals surface area contributed by atoms with Crippen LogP contribution in [0.4, 0.5) is 4.39 Å². The molecule has 0 spiro atoms. The van der Waals surface area contributed by atoms with Crippen LogP contribution in [0, 0.1) is 31.0 Å². The molecule has 6 nitrogen and oxygen atoms in total. The highest BCUT2D eigenvalue weighted by atomic mass is 19.1. The molecule has 0 radical (unpaired) electrons. The maximum Gasteiger partial charge on any atom is 0.349 e. The summed E-state index contributed by atoms with van der Waals surface area (Å²) in [6.45, 7) is 3.52. The Kier molecular flexibility index (Phi) is 6.01. The van der Waals surface area contributed by atoms with E-state index in [9.17, 15) is 14.4 Å². The minimum atomic E-state index is -0.739. The molecule has 3 aromatic rings. The molecule has 0 aliphatic carbocycles. The van der Waals surface area contributed by atoms with Gasteiger partial charge >= 0.3 is 5.97 Å². The number of carbonyl (C=O) groups excluding carboxylic acids is 1. The second-order valence-corrected chi connectivity index (χ2v) is 7.63. The zero-order valence-electron chi connectivity index (χ0n) is 18.1. The minimum Gasteiger partial charge on any atom is -0.481 e. The molecule has 33 heavy (non-hydrogen) atoms. The van der Waals surface area contributed by atoms with E-state index in [0.717, 1.165) is 11.1 Å². The van der Waals surface area contributed by atoms with Crippen LogP contribution < -0.4 is 19.9 Å². The van der Waals surface area contributed by atoms with Gasteiger partial charge in [0, 0.05) is 17.2 Å². The van der Waals surface area contributed by atoms with Crippen molar-refractivity contribution >= 4 is 5.97 Å². The summed E-state index contributed by atoms with van der Waals surface area (Å²) in [5.74, 6) is -0.796. The van der Waals surface area contributed by atoms with E-state index in [2.05, 4.69) is 0 Å². The second-order valence-electron chi connectivity index (χ2n) is 7.63. The number of nitriles is 1. The first-order chi connectivity index (χ1) is 15.9. The molecule has 1 aliphatic heterocycles. The van der Waals surface area contributed by atoms with Gasteiger partial charge in [-0.15, -0.1) is 0 Å². The third-order valence-corrected chi connectivity index (χ3v) is 5.38. The summed E-state index contributed by atoms with van der Waals surface area (Å²) in [6, 6.07) is 18.6. The summed E-state index contributed by atoms with van der Waals surface area (Å²) < 4.78 is 31.2. The van der Waals surface area contributed by atoms with Crippen LogP contribution in [0.3, 0.4) is 0 Å². The summed E-state index contributed by atoms with van der Waals surface area (Å²) in [5, 5.41) is 9.60. The van der Waals surface area contributed by atoms with Crippen LogP contribution >= 0.6 is 0 Å². The van der Waals surface area contributed by atoms with Crippen LogP contribution in [0.1, 0.15) is 28.2 Å². The predicted molar refractivity (Wildman–Crippen MR) is 119 cm³/mol. The molecule has 1 heterocycles. The van der Waals surface area contributed by atoms with Gasteiger partial charge in [0.05, 0.1) is 5.92 Å². The quantitative estimate of drug-likeness (QED) is 0.455. The number of esters is 1. The molecule has 7 heteroatoms. The molecule has 0 saturated carbocycles. The fraction of sp³-hybridized carbons (Fsp3) is 0.154. The van der Waals surface area contributed by atoms with Gasteiger partial charge in [0.25, 0.3) is 0 Å². The summed E-state index contributed by atoms with van der Waals surface area (Å²) in [6.07, 6.45) is 0. The third kappa shape index (κ3) is 4.37. The Balaban J connectivity index is 1.57. The van der Waals surface area contributed by atoms with Gasteiger partial charge in [-0.2, -0.15) is 5.26 Å². The lowest BCUT2D eigenvalue weighted by molar-refractivity contribution is -0.136. The third-order valence-electron chi connectivity index (χ3n) is 5.38. The van der Waals surface area contributed by atoms with E-state index in [-0.39, 0.29) is 29.6 Å². The minimum absolute atomic E-state index is 0.111. The van der Waals surface area contributed by atoms with Crippen molar-refractivity contribution in [2.24, 2.45) is 5.73 Å². The number of halogens is 1. The summed E-state index contributed by atoms with van der Waals surface area (Å²) >= 11 is 0. The number of carbonyl (C=O) groups is 1. The van der Waals surface area contributed by atoms with Crippen LogP contribution in [-0.2, 0) is 4.79 Å². The van der Waals surface area contributed by atoms with Gasteiger partial charge in [0.1, 0.15) is 34.7 Å². The fourth-order valence-corrected chi connectivity index (χ4v) is 3.85. The number of nitrogens with zero attached hydrogens (tertiary/aromatic N) is 1. The number of nitrogens with two attached hydrogens (primary N) is 1. The standard InChI is InChI=1S/C26H21FN2O4/c1-15-6-5-7-16(2)25(15)31-14-23(30)32-17-10-11-19-22(12-17)33-26(29)20(13-28)24(19)18-8-3-4-9-21(18)27/h3-12,24H,14,29H2,1-2H3. The molecule has 1 aliphatic rings. The Bertz CT molecular complexity index is 1290. The van der Waals surface area contributed by atoms with Crippen molar-refractivity contribution < 1.29 is 23.4 Å². The molecule has 1 unspecified atom stereocenters. The lowest BCUT2D eigenvalue weighted by atomic mass is 9.83.